The second-order valence-electron chi connectivity index (χ2n) is 5.53. The van der Waals surface area contributed by atoms with Crippen LogP contribution in [-0.2, 0) is 0 Å². The van der Waals surface area contributed by atoms with Gasteiger partial charge in [0.15, 0.2) is 0 Å². The Morgan fingerprint density at radius 3 is 2.86 bits per heavy atom. The number of H-pyrrole nitrogens is 1. The molecule has 1 aliphatic carbocycles. The summed E-state index contributed by atoms with van der Waals surface area (Å²) >= 11 is 1.60. The molecule has 3 rings (SSSR count). The lowest BCUT2D eigenvalue weighted by Crippen LogP contribution is -2.38. The molecule has 1 aliphatic rings. The predicted octanol–water partition coefficient (Wildman–Crippen LogP) is 2.48. The molecule has 6 heteroatoms. The number of aryl methyl sites for hydroxylation is 1. The maximum atomic E-state index is 12.2. The summed E-state index contributed by atoms with van der Waals surface area (Å²) in [5.41, 5.74) is 2.39. The fourth-order valence-electron chi connectivity index (χ4n) is 2.65. The highest BCUT2D eigenvalue weighted by atomic mass is 32.1. The predicted molar refractivity (Wildman–Crippen MR) is 82.4 cm³/mol. The Labute approximate surface area is 127 Å². The molecule has 2 aromatic rings. The van der Waals surface area contributed by atoms with Gasteiger partial charge in [-0.1, -0.05) is 0 Å². The van der Waals surface area contributed by atoms with Gasteiger partial charge < -0.3 is 15.4 Å². The molecule has 1 amide bonds. The van der Waals surface area contributed by atoms with Gasteiger partial charge in [0.25, 0.3) is 5.91 Å². The van der Waals surface area contributed by atoms with Gasteiger partial charge in [0.1, 0.15) is 5.69 Å². The Hall–Kier alpha value is -1.66. The van der Waals surface area contributed by atoms with Crippen molar-refractivity contribution in [3.8, 4) is 11.3 Å². The summed E-state index contributed by atoms with van der Waals surface area (Å²) in [6.07, 6.45) is 4.81. The molecule has 0 spiro atoms. The molecule has 0 saturated heterocycles. The lowest BCUT2D eigenvalue weighted by atomic mass is 9.93. The minimum absolute atomic E-state index is 0.0883. The quantitative estimate of drug-likeness (QED) is 0.815. The van der Waals surface area contributed by atoms with Crippen LogP contribution in [0.4, 0.5) is 0 Å². The first kappa shape index (κ1) is 14.3. The minimum Gasteiger partial charge on any atom is -0.393 e. The Morgan fingerprint density at radius 1 is 1.43 bits per heavy atom. The van der Waals surface area contributed by atoms with E-state index in [2.05, 4.69) is 15.3 Å². The van der Waals surface area contributed by atoms with Gasteiger partial charge in [0.05, 0.1) is 16.8 Å². The van der Waals surface area contributed by atoms with Crippen LogP contribution in [0.3, 0.4) is 0 Å². The van der Waals surface area contributed by atoms with Crippen LogP contribution in [0.1, 0.15) is 41.2 Å². The standard InChI is InChI=1S/C15H19N3O2S/c1-9-17-14(8-21-9)10-6-13(16-7-10)15(20)18-11-2-4-12(19)5-3-11/h6-8,11-12,16,19H,2-5H2,1H3,(H,18,20). The zero-order valence-electron chi connectivity index (χ0n) is 11.9. The van der Waals surface area contributed by atoms with Crippen molar-refractivity contribution in [3.05, 3.63) is 28.3 Å². The molecule has 0 radical (unpaired) electrons. The summed E-state index contributed by atoms with van der Waals surface area (Å²) in [4.78, 5) is 19.7. The van der Waals surface area contributed by atoms with Crippen molar-refractivity contribution in [2.45, 2.75) is 44.8 Å². The van der Waals surface area contributed by atoms with E-state index < -0.39 is 0 Å². The van der Waals surface area contributed by atoms with Crippen LogP contribution in [0.5, 0.6) is 0 Å². The van der Waals surface area contributed by atoms with Crippen LogP contribution in [-0.4, -0.2) is 33.1 Å². The minimum atomic E-state index is -0.205. The molecular weight excluding hydrogens is 286 g/mol. The number of nitrogens with zero attached hydrogens (tertiary/aromatic N) is 1. The molecule has 3 N–H and O–H groups in total. The molecule has 21 heavy (non-hydrogen) atoms. The SMILES string of the molecule is Cc1nc(-c2c[nH]c(C(=O)NC3CCC(O)CC3)c2)cs1. The second-order valence-corrected chi connectivity index (χ2v) is 6.59. The number of hydrogen-bond acceptors (Lipinski definition) is 4. The zero-order chi connectivity index (χ0) is 14.8. The molecule has 0 atom stereocenters. The van der Waals surface area contributed by atoms with E-state index in [9.17, 15) is 9.90 Å². The van der Waals surface area contributed by atoms with Crippen LogP contribution < -0.4 is 5.32 Å². The molecule has 112 valence electrons. The van der Waals surface area contributed by atoms with Gasteiger partial charge in [-0.15, -0.1) is 11.3 Å². The van der Waals surface area contributed by atoms with Crippen molar-refractivity contribution in [3.63, 3.8) is 0 Å². The smallest absolute Gasteiger partial charge is 0.267 e. The van der Waals surface area contributed by atoms with E-state index >= 15 is 0 Å². The normalized spacial score (nSPS) is 22.2. The lowest BCUT2D eigenvalue weighted by Gasteiger charge is -2.25. The summed E-state index contributed by atoms with van der Waals surface area (Å²) in [5, 5.41) is 15.5. The molecule has 0 aliphatic heterocycles. The Morgan fingerprint density at radius 2 is 2.19 bits per heavy atom. The first-order chi connectivity index (χ1) is 10.1. The van der Waals surface area contributed by atoms with E-state index in [1.165, 1.54) is 0 Å². The van der Waals surface area contributed by atoms with Gasteiger partial charge in [-0.3, -0.25) is 4.79 Å². The Balaban J connectivity index is 1.64. The number of aliphatic hydroxyl groups is 1. The van der Waals surface area contributed by atoms with Crippen molar-refractivity contribution in [1.82, 2.24) is 15.3 Å². The number of aromatic nitrogens is 2. The number of rotatable bonds is 3. The van der Waals surface area contributed by atoms with E-state index in [1.54, 1.807) is 11.3 Å². The van der Waals surface area contributed by atoms with E-state index in [4.69, 9.17) is 0 Å². The van der Waals surface area contributed by atoms with Gasteiger partial charge in [0.2, 0.25) is 0 Å². The molecule has 0 unspecified atom stereocenters. The summed E-state index contributed by atoms with van der Waals surface area (Å²) in [6, 6.07) is 2.00. The number of hydrogen-bond donors (Lipinski definition) is 3. The highest BCUT2D eigenvalue weighted by Crippen LogP contribution is 2.23. The highest BCUT2D eigenvalue weighted by Gasteiger charge is 2.21. The van der Waals surface area contributed by atoms with Crippen molar-refractivity contribution in [1.29, 1.82) is 0 Å². The first-order valence-corrected chi connectivity index (χ1v) is 8.09. The van der Waals surface area contributed by atoms with Crippen LogP contribution >= 0.6 is 11.3 Å². The van der Waals surface area contributed by atoms with Gasteiger partial charge in [-0.05, 0) is 38.7 Å². The van der Waals surface area contributed by atoms with Crippen molar-refractivity contribution in [2.24, 2.45) is 0 Å². The molecule has 2 aromatic heterocycles. The van der Waals surface area contributed by atoms with Gasteiger partial charge in [0, 0.05) is 23.2 Å². The third-order valence-corrected chi connectivity index (χ3v) is 4.65. The average molecular weight is 305 g/mol. The van der Waals surface area contributed by atoms with Crippen LogP contribution in [0, 0.1) is 6.92 Å². The number of carbonyl (C=O) groups is 1. The fraction of sp³-hybridized carbons (Fsp3) is 0.467. The van der Waals surface area contributed by atoms with Crippen LogP contribution in [0.2, 0.25) is 0 Å². The van der Waals surface area contributed by atoms with E-state index in [0.29, 0.717) is 5.69 Å². The largest absolute Gasteiger partial charge is 0.393 e. The summed E-state index contributed by atoms with van der Waals surface area (Å²) in [7, 11) is 0. The summed E-state index contributed by atoms with van der Waals surface area (Å²) in [5.74, 6) is -0.0883. The van der Waals surface area contributed by atoms with Crippen LogP contribution in [0.15, 0.2) is 17.6 Å². The maximum Gasteiger partial charge on any atom is 0.267 e. The fourth-order valence-corrected chi connectivity index (χ4v) is 3.27. The van der Waals surface area contributed by atoms with E-state index in [0.717, 1.165) is 41.9 Å². The topological polar surface area (TPSA) is 78.0 Å². The van der Waals surface area contributed by atoms with Gasteiger partial charge in [-0.2, -0.15) is 0 Å². The summed E-state index contributed by atoms with van der Waals surface area (Å²) in [6.45, 7) is 1.96. The molecular formula is C15H19N3O2S. The number of aliphatic hydroxyl groups excluding tert-OH is 1. The molecule has 5 nitrogen and oxygen atoms in total. The van der Waals surface area contributed by atoms with Crippen LogP contribution in [0.25, 0.3) is 11.3 Å². The summed E-state index contributed by atoms with van der Waals surface area (Å²) < 4.78 is 0. The van der Waals surface area contributed by atoms with Gasteiger partial charge >= 0.3 is 0 Å². The number of nitrogens with one attached hydrogen (secondary N) is 2. The van der Waals surface area contributed by atoms with Crippen molar-refractivity contribution in [2.75, 3.05) is 0 Å². The van der Waals surface area contributed by atoms with Crippen molar-refractivity contribution >= 4 is 17.2 Å². The molecule has 1 fully saturated rings. The third kappa shape index (κ3) is 3.33. The molecule has 2 heterocycles. The molecule has 1 saturated carbocycles. The first-order valence-electron chi connectivity index (χ1n) is 7.21. The molecule has 0 bridgehead atoms. The maximum absolute atomic E-state index is 12.2. The Kier molecular flexibility index (Phi) is 4.07. The number of amides is 1. The number of aromatic amines is 1. The zero-order valence-corrected chi connectivity index (χ0v) is 12.7. The number of thiazole rings is 1. The van der Waals surface area contributed by atoms with E-state index in [1.807, 2.05) is 24.6 Å². The second kappa shape index (κ2) is 5.99. The lowest BCUT2D eigenvalue weighted by molar-refractivity contribution is 0.0864. The van der Waals surface area contributed by atoms with E-state index in [-0.39, 0.29) is 18.1 Å². The Bertz CT molecular complexity index is 626. The number of carbonyl (C=O) groups excluding carboxylic acids is 1. The molecule has 0 aromatic carbocycles. The van der Waals surface area contributed by atoms with Gasteiger partial charge in [-0.25, -0.2) is 4.98 Å². The average Bonchev–Trinajstić information content (AvgIpc) is 3.10. The third-order valence-electron chi connectivity index (χ3n) is 3.87. The monoisotopic (exact) mass is 305 g/mol. The van der Waals surface area contributed by atoms with Crippen molar-refractivity contribution < 1.29 is 9.90 Å². The highest BCUT2D eigenvalue weighted by molar-refractivity contribution is 7.09.